The predicted molar refractivity (Wildman–Crippen MR) is 139 cm³/mol. The number of anilines is 1. The lowest BCUT2D eigenvalue weighted by atomic mass is 10.1. The number of hydrogen-bond donors (Lipinski definition) is 2. The highest BCUT2D eigenvalue weighted by atomic mass is 16.5. The Hall–Kier alpha value is -4.86. The number of rotatable bonds is 8. The molecular weight excluding hydrogens is 476 g/mol. The number of benzene rings is 3. The van der Waals surface area contributed by atoms with Crippen LogP contribution in [0.4, 0.5) is 5.69 Å². The quantitative estimate of drug-likeness (QED) is 0.380. The van der Waals surface area contributed by atoms with Crippen LogP contribution in [0.25, 0.3) is 16.5 Å². The Morgan fingerprint density at radius 3 is 2.24 bits per heavy atom. The number of methoxy groups -OCH3 is 3. The number of hydrogen-bond acceptors (Lipinski definition) is 7. The van der Waals surface area contributed by atoms with Crippen molar-refractivity contribution in [1.29, 1.82) is 0 Å². The topological polar surface area (TPSA) is 121 Å². The molecule has 0 saturated carbocycles. The van der Waals surface area contributed by atoms with E-state index in [1.54, 1.807) is 54.6 Å². The molecule has 37 heavy (non-hydrogen) atoms. The van der Waals surface area contributed by atoms with E-state index in [9.17, 15) is 14.4 Å². The number of carbonyl (C=O) groups is 2. The lowest BCUT2D eigenvalue weighted by Crippen LogP contribution is -2.35. The summed E-state index contributed by atoms with van der Waals surface area (Å²) >= 11 is 0. The van der Waals surface area contributed by atoms with Crippen molar-refractivity contribution in [2.45, 2.75) is 6.92 Å². The maximum atomic E-state index is 13.2. The average molecular weight is 503 g/mol. The standard InChI is InChI=1S/C27H26N4O6/c1-16-9-11-21(35-2)20(13-16)29-24(32)15-28-26(33)25-18-7-5-6-8-19(18)27(34)31(30-25)17-10-12-22(36-3)23(14-17)37-4/h5-14H,15H2,1-4H3,(H,28,33)(H,29,32). The molecule has 0 radical (unpaired) electrons. The van der Waals surface area contributed by atoms with Gasteiger partial charge in [-0.1, -0.05) is 24.3 Å². The van der Waals surface area contributed by atoms with Gasteiger partial charge in [0, 0.05) is 11.5 Å². The van der Waals surface area contributed by atoms with Gasteiger partial charge in [-0.25, -0.2) is 0 Å². The molecule has 1 aromatic heterocycles. The minimum Gasteiger partial charge on any atom is -0.495 e. The van der Waals surface area contributed by atoms with Gasteiger partial charge in [-0.15, -0.1) is 0 Å². The van der Waals surface area contributed by atoms with E-state index in [1.165, 1.54) is 21.3 Å². The fourth-order valence-electron chi connectivity index (χ4n) is 3.85. The molecule has 0 spiro atoms. The Morgan fingerprint density at radius 1 is 0.865 bits per heavy atom. The monoisotopic (exact) mass is 502 g/mol. The van der Waals surface area contributed by atoms with Gasteiger partial charge in [-0.05, 0) is 42.8 Å². The minimum absolute atomic E-state index is 0.00841. The minimum atomic E-state index is -0.614. The summed E-state index contributed by atoms with van der Waals surface area (Å²) in [5.41, 5.74) is 1.39. The molecule has 10 heteroatoms. The molecular formula is C27H26N4O6. The zero-order valence-corrected chi connectivity index (χ0v) is 20.8. The normalized spacial score (nSPS) is 10.6. The molecule has 3 aromatic carbocycles. The fraction of sp³-hybridized carbons (Fsp3) is 0.185. The second-order valence-electron chi connectivity index (χ2n) is 8.09. The van der Waals surface area contributed by atoms with E-state index < -0.39 is 17.4 Å². The molecule has 0 aliphatic rings. The summed E-state index contributed by atoms with van der Waals surface area (Å²) in [6.07, 6.45) is 0. The van der Waals surface area contributed by atoms with Crippen LogP contribution in [-0.4, -0.2) is 49.5 Å². The molecule has 0 aliphatic carbocycles. The highest BCUT2D eigenvalue weighted by molar-refractivity contribution is 6.06. The number of ether oxygens (including phenoxy) is 3. The van der Waals surface area contributed by atoms with E-state index in [1.807, 2.05) is 13.0 Å². The first kappa shape index (κ1) is 25.2. The Balaban J connectivity index is 1.64. The number of nitrogens with zero attached hydrogens (tertiary/aromatic N) is 2. The van der Waals surface area contributed by atoms with Crippen molar-refractivity contribution < 1.29 is 23.8 Å². The smallest absolute Gasteiger partial charge is 0.279 e. The van der Waals surface area contributed by atoms with Crippen molar-refractivity contribution in [1.82, 2.24) is 15.1 Å². The number of aromatic nitrogens is 2. The van der Waals surface area contributed by atoms with E-state index in [-0.39, 0.29) is 12.2 Å². The lowest BCUT2D eigenvalue weighted by molar-refractivity contribution is -0.115. The van der Waals surface area contributed by atoms with Gasteiger partial charge in [-0.3, -0.25) is 14.4 Å². The van der Waals surface area contributed by atoms with Crippen LogP contribution in [-0.2, 0) is 4.79 Å². The van der Waals surface area contributed by atoms with Gasteiger partial charge in [0.1, 0.15) is 5.75 Å². The van der Waals surface area contributed by atoms with Crippen LogP contribution >= 0.6 is 0 Å². The molecule has 4 aromatic rings. The Bertz CT molecular complexity index is 1550. The van der Waals surface area contributed by atoms with E-state index in [2.05, 4.69) is 15.7 Å². The molecule has 4 rings (SSSR count). The van der Waals surface area contributed by atoms with Crippen LogP contribution in [0, 0.1) is 6.92 Å². The highest BCUT2D eigenvalue weighted by Gasteiger charge is 2.19. The fourth-order valence-corrected chi connectivity index (χ4v) is 3.85. The van der Waals surface area contributed by atoms with Crippen molar-refractivity contribution in [3.8, 4) is 22.9 Å². The Kier molecular flexibility index (Phi) is 7.38. The van der Waals surface area contributed by atoms with E-state index >= 15 is 0 Å². The molecule has 1 heterocycles. The first-order chi connectivity index (χ1) is 17.9. The van der Waals surface area contributed by atoms with Crippen molar-refractivity contribution in [2.75, 3.05) is 33.2 Å². The van der Waals surface area contributed by atoms with E-state index in [0.29, 0.717) is 39.4 Å². The molecule has 0 unspecified atom stereocenters. The first-order valence-corrected chi connectivity index (χ1v) is 11.3. The second kappa shape index (κ2) is 10.8. The van der Waals surface area contributed by atoms with E-state index in [4.69, 9.17) is 14.2 Å². The molecule has 10 nitrogen and oxygen atoms in total. The number of aryl methyl sites for hydroxylation is 1. The van der Waals surface area contributed by atoms with Crippen LogP contribution in [0.15, 0.2) is 65.5 Å². The van der Waals surface area contributed by atoms with Crippen LogP contribution in [0.2, 0.25) is 0 Å². The van der Waals surface area contributed by atoms with Gasteiger partial charge in [-0.2, -0.15) is 9.78 Å². The van der Waals surface area contributed by atoms with Gasteiger partial charge < -0.3 is 24.8 Å². The summed E-state index contributed by atoms with van der Waals surface area (Å²) < 4.78 is 17.0. The van der Waals surface area contributed by atoms with Gasteiger partial charge >= 0.3 is 0 Å². The number of fused-ring (bicyclic) bond motifs is 1. The summed E-state index contributed by atoms with van der Waals surface area (Å²) in [5.74, 6) is 0.317. The molecule has 0 atom stereocenters. The Morgan fingerprint density at radius 2 is 1.54 bits per heavy atom. The summed E-state index contributed by atoms with van der Waals surface area (Å²) in [5, 5.41) is 10.3. The molecule has 0 bridgehead atoms. The molecule has 2 N–H and O–H groups in total. The third kappa shape index (κ3) is 5.22. The van der Waals surface area contributed by atoms with Crippen LogP contribution in [0.3, 0.4) is 0 Å². The number of amides is 2. The van der Waals surface area contributed by atoms with Crippen molar-refractivity contribution >= 4 is 28.3 Å². The molecule has 0 saturated heterocycles. The van der Waals surface area contributed by atoms with E-state index in [0.717, 1.165) is 10.2 Å². The maximum Gasteiger partial charge on any atom is 0.279 e. The summed E-state index contributed by atoms with van der Waals surface area (Å²) in [6.45, 7) is 1.57. The molecule has 2 amide bonds. The summed E-state index contributed by atoms with van der Waals surface area (Å²) in [7, 11) is 4.49. The second-order valence-corrected chi connectivity index (χ2v) is 8.09. The summed E-state index contributed by atoms with van der Waals surface area (Å²) in [4.78, 5) is 39.0. The van der Waals surface area contributed by atoms with Gasteiger partial charge in [0.25, 0.3) is 11.5 Å². The average Bonchev–Trinajstić information content (AvgIpc) is 2.92. The van der Waals surface area contributed by atoms with Gasteiger partial charge in [0.05, 0.1) is 44.6 Å². The van der Waals surface area contributed by atoms with Crippen molar-refractivity contribution in [3.63, 3.8) is 0 Å². The van der Waals surface area contributed by atoms with Gasteiger partial charge in [0.15, 0.2) is 17.2 Å². The van der Waals surface area contributed by atoms with Gasteiger partial charge in [0.2, 0.25) is 5.91 Å². The Labute approximate surface area is 212 Å². The zero-order valence-electron chi connectivity index (χ0n) is 20.8. The van der Waals surface area contributed by atoms with Crippen molar-refractivity contribution in [2.24, 2.45) is 0 Å². The van der Waals surface area contributed by atoms with Crippen molar-refractivity contribution in [3.05, 3.63) is 82.3 Å². The first-order valence-electron chi connectivity index (χ1n) is 11.3. The van der Waals surface area contributed by atoms with Crippen LogP contribution < -0.4 is 30.4 Å². The SMILES string of the molecule is COc1ccc(C)cc1NC(=O)CNC(=O)c1nn(-c2ccc(OC)c(OC)c2)c(=O)c2ccccc12. The zero-order chi connectivity index (χ0) is 26.5. The predicted octanol–water partition coefficient (Wildman–Crippen LogP) is 3.09. The molecule has 0 fully saturated rings. The third-order valence-electron chi connectivity index (χ3n) is 5.67. The number of nitrogens with one attached hydrogen (secondary N) is 2. The highest BCUT2D eigenvalue weighted by Crippen LogP contribution is 2.29. The number of carbonyl (C=O) groups excluding carboxylic acids is 2. The lowest BCUT2D eigenvalue weighted by Gasteiger charge is -2.14. The van der Waals surface area contributed by atoms with Crippen LogP contribution in [0.5, 0.6) is 17.2 Å². The maximum absolute atomic E-state index is 13.2. The van der Waals surface area contributed by atoms with Crippen LogP contribution in [0.1, 0.15) is 16.1 Å². The molecule has 190 valence electrons. The summed E-state index contributed by atoms with van der Waals surface area (Å²) in [6, 6.07) is 16.9. The third-order valence-corrected chi connectivity index (χ3v) is 5.67. The molecule has 0 aliphatic heterocycles. The largest absolute Gasteiger partial charge is 0.495 e.